The molecule has 1 fully saturated rings. The van der Waals surface area contributed by atoms with Crippen LogP contribution in [0.3, 0.4) is 0 Å². The van der Waals surface area contributed by atoms with Crippen LogP contribution < -0.4 is 20.1 Å². The average Bonchev–Trinajstić information content (AvgIpc) is 3.22. The number of hydrogen-bond acceptors (Lipinski definition) is 4. The SMILES string of the molecule is COc1ccc(N[C@H](C)C(=O)NC2CC2)c(OC)c1. The molecule has 5 heteroatoms. The summed E-state index contributed by atoms with van der Waals surface area (Å²) in [5.41, 5.74) is 0.779. The smallest absolute Gasteiger partial charge is 0.242 e. The number of anilines is 1. The molecule has 1 amide bonds. The summed E-state index contributed by atoms with van der Waals surface area (Å²) >= 11 is 0. The zero-order valence-corrected chi connectivity index (χ0v) is 11.5. The average molecular weight is 264 g/mol. The minimum atomic E-state index is -0.303. The molecule has 0 aliphatic heterocycles. The number of carbonyl (C=O) groups excluding carboxylic acids is 1. The van der Waals surface area contributed by atoms with Gasteiger partial charge in [-0.05, 0) is 31.9 Å². The van der Waals surface area contributed by atoms with E-state index in [0.29, 0.717) is 11.8 Å². The highest BCUT2D eigenvalue weighted by Gasteiger charge is 2.25. The van der Waals surface area contributed by atoms with Crippen molar-refractivity contribution in [2.24, 2.45) is 0 Å². The van der Waals surface area contributed by atoms with Gasteiger partial charge in [-0.15, -0.1) is 0 Å². The predicted molar refractivity (Wildman–Crippen MR) is 73.8 cm³/mol. The van der Waals surface area contributed by atoms with Crippen molar-refractivity contribution in [1.82, 2.24) is 5.32 Å². The van der Waals surface area contributed by atoms with Crippen molar-refractivity contribution in [2.45, 2.75) is 31.8 Å². The van der Waals surface area contributed by atoms with Gasteiger partial charge in [0.05, 0.1) is 19.9 Å². The van der Waals surface area contributed by atoms with Gasteiger partial charge in [0.2, 0.25) is 5.91 Å². The van der Waals surface area contributed by atoms with Gasteiger partial charge < -0.3 is 20.1 Å². The molecule has 5 nitrogen and oxygen atoms in total. The molecule has 1 atom stereocenters. The topological polar surface area (TPSA) is 59.6 Å². The summed E-state index contributed by atoms with van der Waals surface area (Å²) in [4.78, 5) is 11.9. The Bertz CT molecular complexity index is 458. The van der Waals surface area contributed by atoms with Crippen LogP contribution in [0.25, 0.3) is 0 Å². The Labute approximate surface area is 113 Å². The van der Waals surface area contributed by atoms with Gasteiger partial charge in [0.15, 0.2) is 0 Å². The second kappa shape index (κ2) is 5.82. The molecule has 0 unspecified atom stereocenters. The lowest BCUT2D eigenvalue weighted by molar-refractivity contribution is -0.121. The van der Waals surface area contributed by atoms with E-state index in [1.165, 1.54) is 0 Å². The highest BCUT2D eigenvalue weighted by molar-refractivity contribution is 5.85. The Kier molecular flexibility index (Phi) is 4.14. The van der Waals surface area contributed by atoms with Gasteiger partial charge in [0, 0.05) is 12.1 Å². The minimum Gasteiger partial charge on any atom is -0.497 e. The third-order valence-corrected chi connectivity index (χ3v) is 3.10. The summed E-state index contributed by atoms with van der Waals surface area (Å²) < 4.78 is 10.4. The molecule has 19 heavy (non-hydrogen) atoms. The van der Waals surface area contributed by atoms with Crippen molar-refractivity contribution in [2.75, 3.05) is 19.5 Å². The summed E-state index contributed by atoms with van der Waals surface area (Å²) in [6.07, 6.45) is 2.18. The van der Waals surface area contributed by atoms with Crippen LogP contribution in [-0.4, -0.2) is 32.2 Å². The first-order valence-corrected chi connectivity index (χ1v) is 6.43. The van der Waals surface area contributed by atoms with E-state index >= 15 is 0 Å². The molecule has 2 rings (SSSR count). The van der Waals surface area contributed by atoms with E-state index in [1.807, 2.05) is 19.1 Å². The quantitative estimate of drug-likeness (QED) is 0.822. The monoisotopic (exact) mass is 264 g/mol. The van der Waals surface area contributed by atoms with Gasteiger partial charge in [0.25, 0.3) is 0 Å². The zero-order valence-electron chi connectivity index (χ0n) is 11.5. The third kappa shape index (κ3) is 3.53. The Balaban J connectivity index is 2.02. The van der Waals surface area contributed by atoms with Crippen LogP contribution >= 0.6 is 0 Å². The first kappa shape index (κ1) is 13.5. The number of methoxy groups -OCH3 is 2. The Morgan fingerprint density at radius 3 is 2.63 bits per heavy atom. The molecule has 1 saturated carbocycles. The molecular weight excluding hydrogens is 244 g/mol. The number of rotatable bonds is 6. The summed E-state index contributed by atoms with van der Waals surface area (Å²) in [7, 11) is 3.20. The standard InChI is InChI=1S/C14H20N2O3/c1-9(14(17)16-10-4-5-10)15-12-7-6-11(18-2)8-13(12)19-3/h6-10,15H,4-5H2,1-3H3,(H,16,17)/t9-/m1/s1. The maximum absolute atomic E-state index is 11.9. The van der Waals surface area contributed by atoms with Crippen LogP contribution in [0.1, 0.15) is 19.8 Å². The number of benzene rings is 1. The molecular formula is C14H20N2O3. The fourth-order valence-corrected chi connectivity index (χ4v) is 1.77. The van der Waals surface area contributed by atoms with Gasteiger partial charge in [-0.25, -0.2) is 0 Å². The van der Waals surface area contributed by atoms with E-state index in [4.69, 9.17) is 9.47 Å². The molecule has 1 aliphatic carbocycles. The highest BCUT2D eigenvalue weighted by atomic mass is 16.5. The second-order valence-corrected chi connectivity index (χ2v) is 4.72. The largest absolute Gasteiger partial charge is 0.497 e. The first-order valence-electron chi connectivity index (χ1n) is 6.43. The second-order valence-electron chi connectivity index (χ2n) is 4.72. The fraction of sp³-hybridized carbons (Fsp3) is 0.500. The first-order chi connectivity index (χ1) is 9.13. The van der Waals surface area contributed by atoms with E-state index in [0.717, 1.165) is 24.3 Å². The van der Waals surface area contributed by atoms with Gasteiger partial charge in [-0.3, -0.25) is 4.79 Å². The van der Waals surface area contributed by atoms with Crippen molar-refractivity contribution >= 4 is 11.6 Å². The zero-order chi connectivity index (χ0) is 13.8. The van der Waals surface area contributed by atoms with Crippen molar-refractivity contribution in [1.29, 1.82) is 0 Å². The molecule has 0 radical (unpaired) electrons. The molecule has 104 valence electrons. The fourth-order valence-electron chi connectivity index (χ4n) is 1.77. The van der Waals surface area contributed by atoms with Crippen LogP contribution in [0.5, 0.6) is 11.5 Å². The van der Waals surface area contributed by atoms with E-state index < -0.39 is 0 Å². The summed E-state index contributed by atoms with van der Waals surface area (Å²) in [6.45, 7) is 1.83. The van der Waals surface area contributed by atoms with Gasteiger partial charge >= 0.3 is 0 Å². The number of ether oxygens (including phenoxy) is 2. The summed E-state index contributed by atoms with van der Waals surface area (Å²) in [5.74, 6) is 1.39. The lowest BCUT2D eigenvalue weighted by Gasteiger charge is -2.17. The molecule has 1 aromatic rings. The Morgan fingerprint density at radius 1 is 1.32 bits per heavy atom. The Morgan fingerprint density at radius 2 is 2.05 bits per heavy atom. The number of nitrogens with one attached hydrogen (secondary N) is 2. The molecule has 0 spiro atoms. The van der Waals surface area contributed by atoms with Crippen molar-refractivity contribution < 1.29 is 14.3 Å². The molecule has 1 aromatic carbocycles. The molecule has 0 bridgehead atoms. The molecule has 2 N–H and O–H groups in total. The van der Waals surface area contributed by atoms with Gasteiger partial charge in [-0.1, -0.05) is 0 Å². The van der Waals surface area contributed by atoms with Crippen LogP contribution in [0.4, 0.5) is 5.69 Å². The summed E-state index contributed by atoms with van der Waals surface area (Å²) in [5, 5.41) is 6.12. The molecule has 0 aromatic heterocycles. The van der Waals surface area contributed by atoms with Crippen LogP contribution in [0, 0.1) is 0 Å². The normalized spacial score (nSPS) is 15.5. The van der Waals surface area contributed by atoms with Gasteiger partial charge in [0.1, 0.15) is 17.5 Å². The maximum atomic E-state index is 11.9. The number of amides is 1. The minimum absolute atomic E-state index is 0.0142. The summed E-state index contributed by atoms with van der Waals surface area (Å²) in [6, 6.07) is 5.53. The van der Waals surface area contributed by atoms with E-state index in [-0.39, 0.29) is 11.9 Å². The highest BCUT2D eigenvalue weighted by Crippen LogP contribution is 2.29. The van der Waals surface area contributed by atoms with Crippen molar-refractivity contribution in [3.63, 3.8) is 0 Å². The van der Waals surface area contributed by atoms with E-state index in [9.17, 15) is 4.79 Å². The lowest BCUT2D eigenvalue weighted by Crippen LogP contribution is -2.38. The third-order valence-electron chi connectivity index (χ3n) is 3.10. The van der Waals surface area contributed by atoms with Crippen LogP contribution in [-0.2, 0) is 4.79 Å². The van der Waals surface area contributed by atoms with E-state index in [1.54, 1.807) is 20.3 Å². The van der Waals surface area contributed by atoms with Gasteiger partial charge in [-0.2, -0.15) is 0 Å². The number of carbonyl (C=O) groups is 1. The molecule has 1 aliphatic rings. The molecule has 0 saturated heterocycles. The maximum Gasteiger partial charge on any atom is 0.242 e. The predicted octanol–water partition coefficient (Wildman–Crippen LogP) is 1.78. The lowest BCUT2D eigenvalue weighted by atomic mass is 10.2. The van der Waals surface area contributed by atoms with Crippen LogP contribution in [0.15, 0.2) is 18.2 Å². The molecule has 0 heterocycles. The van der Waals surface area contributed by atoms with Crippen molar-refractivity contribution in [3.05, 3.63) is 18.2 Å². The van der Waals surface area contributed by atoms with E-state index in [2.05, 4.69) is 10.6 Å². The van der Waals surface area contributed by atoms with Crippen LogP contribution in [0.2, 0.25) is 0 Å². The van der Waals surface area contributed by atoms with Crippen molar-refractivity contribution in [3.8, 4) is 11.5 Å². The Hall–Kier alpha value is -1.91. The number of hydrogen-bond donors (Lipinski definition) is 2.